The number of non-ortho nitro benzene ring substituents is 1. The standard InChI is InChI=1S/C9H7ClF3NO3S/c10-7-2-1-6(14(15)16)5-8(7)17-3-4-18-9(11,12)13/h1-2,5H,3-4H2. The van der Waals surface area contributed by atoms with Gasteiger partial charge in [0.2, 0.25) is 0 Å². The predicted octanol–water partition coefficient (Wildman–Crippen LogP) is 3.88. The van der Waals surface area contributed by atoms with Crippen LogP contribution in [0, 0.1) is 10.1 Å². The summed E-state index contributed by atoms with van der Waals surface area (Å²) in [4.78, 5) is 9.83. The van der Waals surface area contributed by atoms with Crippen molar-refractivity contribution in [1.82, 2.24) is 0 Å². The number of halogens is 4. The topological polar surface area (TPSA) is 52.4 Å². The molecule has 0 saturated heterocycles. The van der Waals surface area contributed by atoms with E-state index in [1.54, 1.807) is 0 Å². The van der Waals surface area contributed by atoms with E-state index in [0.29, 0.717) is 0 Å². The molecule has 0 aliphatic rings. The number of hydrogen-bond donors (Lipinski definition) is 0. The molecule has 1 rings (SSSR count). The molecule has 0 fully saturated rings. The number of nitrogens with zero attached hydrogens (tertiary/aromatic N) is 1. The molecule has 4 nitrogen and oxygen atoms in total. The smallest absolute Gasteiger partial charge is 0.441 e. The largest absolute Gasteiger partial charge is 0.491 e. The van der Waals surface area contributed by atoms with Crippen LogP contribution in [0.4, 0.5) is 18.9 Å². The number of nitro benzene ring substituents is 1. The van der Waals surface area contributed by atoms with Crippen LogP contribution in [-0.4, -0.2) is 22.8 Å². The van der Waals surface area contributed by atoms with Crippen LogP contribution in [0.2, 0.25) is 5.02 Å². The summed E-state index contributed by atoms with van der Waals surface area (Å²) in [7, 11) is 0. The van der Waals surface area contributed by atoms with E-state index in [-0.39, 0.29) is 40.6 Å². The van der Waals surface area contributed by atoms with E-state index < -0.39 is 10.4 Å². The minimum absolute atomic E-state index is 0.00589. The molecule has 0 N–H and O–H groups in total. The van der Waals surface area contributed by atoms with Gasteiger partial charge in [-0.15, -0.1) is 0 Å². The highest BCUT2D eigenvalue weighted by molar-refractivity contribution is 8.00. The second-order valence-corrected chi connectivity index (χ2v) is 4.58. The van der Waals surface area contributed by atoms with Crippen LogP contribution in [0.5, 0.6) is 5.75 Å². The van der Waals surface area contributed by atoms with Crippen LogP contribution in [0.25, 0.3) is 0 Å². The molecule has 0 spiro atoms. The van der Waals surface area contributed by atoms with Crippen LogP contribution in [0.15, 0.2) is 18.2 Å². The van der Waals surface area contributed by atoms with E-state index in [9.17, 15) is 23.3 Å². The molecular weight excluding hydrogens is 295 g/mol. The number of hydrogen-bond acceptors (Lipinski definition) is 4. The summed E-state index contributed by atoms with van der Waals surface area (Å²) >= 11 is 5.46. The average molecular weight is 302 g/mol. The number of thioether (sulfide) groups is 1. The van der Waals surface area contributed by atoms with Gasteiger partial charge in [-0.3, -0.25) is 10.1 Å². The summed E-state index contributed by atoms with van der Waals surface area (Å²) in [6.45, 7) is -0.245. The highest BCUT2D eigenvalue weighted by Gasteiger charge is 2.27. The third kappa shape index (κ3) is 5.01. The maximum atomic E-state index is 11.8. The van der Waals surface area contributed by atoms with E-state index in [1.165, 1.54) is 12.1 Å². The maximum absolute atomic E-state index is 11.8. The van der Waals surface area contributed by atoms with Crippen molar-refractivity contribution in [1.29, 1.82) is 0 Å². The number of rotatable bonds is 5. The van der Waals surface area contributed by atoms with Crippen molar-refractivity contribution < 1.29 is 22.8 Å². The minimum atomic E-state index is -4.32. The Morgan fingerprint density at radius 2 is 2.11 bits per heavy atom. The molecule has 0 heterocycles. The third-order valence-corrected chi connectivity index (χ3v) is 2.74. The lowest BCUT2D eigenvalue weighted by Crippen LogP contribution is -2.07. The van der Waals surface area contributed by atoms with Gasteiger partial charge in [0.15, 0.2) is 0 Å². The highest BCUT2D eigenvalue weighted by atomic mass is 35.5. The first-order chi connectivity index (χ1) is 8.29. The van der Waals surface area contributed by atoms with Crippen LogP contribution in [-0.2, 0) is 0 Å². The maximum Gasteiger partial charge on any atom is 0.441 e. The van der Waals surface area contributed by atoms with Crippen LogP contribution in [0.1, 0.15) is 0 Å². The Hall–Kier alpha value is -1.15. The molecular formula is C9H7ClF3NO3S. The van der Waals surface area contributed by atoms with Gasteiger partial charge in [0, 0.05) is 11.8 Å². The van der Waals surface area contributed by atoms with E-state index in [1.807, 2.05) is 0 Å². The molecule has 0 bridgehead atoms. The highest BCUT2D eigenvalue weighted by Crippen LogP contribution is 2.31. The van der Waals surface area contributed by atoms with E-state index in [4.69, 9.17) is 16.3 Å². The predicted molar refractivity (Wildman–Crippen MR) is 62.1 cm³/mol. The Morgan fingerprint density at radius 3 is 2.67 bits per heavy atom. The van der Waals surface area contributed by atoms with Crippen molar-refractivity contribution in [2.45, 2.75) is 5.51 Å². The van der Waals surface area contributed by atoms with E-state index >= 15 is 0 Å². The van der Waals surface area contributed by atoms with Gasteiger partial charge >= 0.3 is 5.51 Å². The van der Waals surface area contributed by atoms with Gasteiger partial charge in [-0.1, -0.05) is 11.6 Å². The lowest BCUT2D eigenvalue weighted by atomic mass is 10.3. The Kier molecular flexibility index (Phi) is 5.09. The Labute approximate surface area is 109 Å². The fraction of sp³-hybridized carbons (Fsp3) is 0.333. The molecule has 9 heteroatoms. The van der Waals surface area contributed by atoms with Gasteiger partial charge in [-0.2, -0.15) is 13.2 Å². The normalized spacial score (nSPS) is 11.3. The van der Waals surface area contributed by atoms with Gasteiger partial charge in [0.25, 0.3) is 5.69 Å². The van der Waals surface area contributed by atoms with Gasteiger partial charge in [-0.25, -0.2) is 0 Å². The van der Waals surface area contributed by atoms with Gasteiger partial charge in [-0.05, 0) is 17.8 Å². The van der Waals surface area contributed by atoms with Gasteiger partial charge in [0.05, 0.1) is 22.6 Å². The number of benzene rings is 1. The summed E-state index contributed by atoms with van der Waals surface area (Å²) in [5, 5.41) is 10.6. The van der Waals surface area contributed by atoms with Crippen LogP contribution >= 0.6 is 23.4 Å². The second kappa shape index (κ2) is 6.14. The monoisotopic (exact) mass is 301 g/mol. The quantitative estimate of drug-likeness (QED) is 0.470. The van der Waals surface area contributed by atoms with Crippen molar-refractivity contribution >= 4 is 29.1 Å². The van der Waals surface area contributed by atoms with E-state index in [0.717, 1.165) is 6.07 Å². The van der Waals surface area contributed by atoms with Crippen LogP contribution < -0.4 is 4.74 Å². The lowest BCUT2D eigenvalue weighted by molar-refractivity contribution is -0.384. The molecule has 0 atom stereocenters. The Bertz CT molecular complexity index is 442. The van der Waals surface area contributed by atoms with E-state index in [2.05, 4.69) is 0 Å². The summed E-state index contributed by atoms with van der Waals surface area (Å²) in [5.74, 6) is -0.323. The Balaban J connectivity index is 2.56. The summed E-state index contributed by atoms with van der Waals surface area (Å²) in [5.41, 5.74) is -4.56. The molecule has 1 aromatic carbocycles. The number of alkyl halides is 3. The molecule has 0 aliphatic carbocycles. The molecule has 100 valence electrons. The molecule has 0 saturated carbocycles. The number of nitro groups is 1. The number of ether oxygens (including phenoxy) is 1. The minimum Gasteiger partial charge on any atom is -0.491 e. The summed E-state index contributed by atoms with van der Waals surface area (Å²) in [6, 6.07) is 3.51. The zero-order valence-electron chi connectivity index (χ0n) is 8.74. The van der Waals surface area contributed by atoms with Crippen molar-refractivity contribution in [3.63, 3.8) is 0 Å². The lowest BCUT2D eigenvalue weighted by Gasteiger charge is -2.08. The molecule has 0 aliphatic heterocycles. The van der Waals surface area contributed by atoms with Crippen molar-refractivity contribution in [3.8, 4) is 5.75 Å². The first kappa shape index (κ1) is 14.9. The Morgan fingerprint density at radius 1 is 1.44 bits per heavy atom. The molecule has 0 amide bonds. The molecule has 0 radical (unpaired) electrons. The zero-order valence-corrected chi connectivity index (χ0v) is 10.3. The average Bonchev–Trinajstić information content (AvgIpc) is 2.24. The SMILES string of the molecule is O=[N+]([O-])c1ccc(Cl)c(OCCSC(F)(F)F)c1. The first-order valence-corrected chi connectivity index (χ1v) is 5.93. The summed E-state index contributed by atoms with van der Waals surface area (Å²) in [6.07, 6.45) is 0. The first-order valence-electron chi connectivity index (χ1n) is 4.57. The fourth-order valence-electron chi connectivity index (χ4n) is 1.03. The van der Waals surface area contributed by atoms with Crippen LogP contribution in [0.3, 0.4) is 0 Å². The fourth-order valence-corrected chi connectivity index (χ4v) is 1.60. The van der Waals surface area contributed by atoms with Gasteiger partial charge in [0.1, 0.15) is 5.75 Å². The molecule has 18 heavy (non-hydrogen) atoms. The zero-order chi connectivity index (χ0) is 13.8. The molecule has 1 aromatic rings. The summed E-state index contributed by atoms with van der Waals surface area (Å²) < 4.78 is 40.4. The molecule has 0 aromatic heterocycles. The van der Waals surface area contributed by atoms with Crippen molar-refractivity contribution in [3.05, 3.63) is 33.3 Å². The van der Waals surface area contributed by atoms with Gasteiger partial charge < -0.3 is 4.74 Å². The molecule has 0 unspecified atom stereocenters. The second-order valence-electron chi connectivity index (χ2n) is 3.01. The van der Waals surface area contributed by atoms with Crippen molar-refractivity contribution in [2.24, 2.45) is 0 Å². The van der Waals surface area contributed by atoms with Crippen molar-refractivity contribution in [2.75, 3.05) is 12.4 Å². The third-order valence-electron chi connectivity index (χ3n) is 1.73.